The van der Waals surface area contributed by atoms with Crippen molar-refractivity contribution in [3.63, 3.8) is 0 Å². The van der Waals surface area contributed by atoms with Crippen LogP contribution in [0.3, 0.4) is 0 Å². The molecule has 4 nitrogen and oxygen atoms in total. The van der Waals surface area contributed by atoms with Gasteiger partial charge in [0.2, 0.25) is 5.91 Å². The lowest BCUT2D eigenvalue weighted by molar-refractivity contribution is -0.126. The van der Waals surface area contributed by atoms with Gasteiger partial charge in [0.05, 0.1) is 5.92 Å². The lowest BCUT2D eigenvalue weighted by Crippen LogP contribution is -2.42. The topological polar surface area (TPSA) is 35.6 Å². The predicted octanol–water partition coefficient (Wildman–Crippen LogP) is 0.654. The summed E-state index contributed by atoms with van der Waals surface area (Å²) in [6.07, 6.45) is 4.24. The average Bonchev–Trinajstić information content (AvgIpc) is 2.28. The first-order valence-corrected chi connectivity index (χ1v) is 7.03. The van der Waals surface area contributed by atoms with E-state index in [1.165, 1.54) is 0 Å². The normalized spacial score (nSPS) is 22.4. The molecule has 94 valence electrons. The number of carbonyl (C=O) groups is 1. The fourth-order valence-corrected chi connectivity index (χ4v) is 2.51. The van der Waals surface area contributed by atoms with Gasteiger partial charge in [-0.05, 0) is 33.2 Å². The second-order valence-corrected chi connectivity index (χ2v) is 5.39. The van der Waals surface area contributed by atoms with Crippen LogP contribution in [0.2, 0.25) is 0 Å². The van der Waals surface area contributed by atoms with Crippen LogP contribution < -0.4 is 5.32 Å². The van der Waals surface area contributed by atoms with Crippen LogP contribution in [0.1, 0.15) is 12.8 Å². The molecule has 0 aromatic carbocycles. The minimum Gasteiger partial charge on any atom is -0.355 e. The highest BCUT2D eigenvalue weighted by molar-refractivity contribution is 7.96. The van der Waals surface area contributed by atoms with E-state index in [1.807, 2.05) is 14.1 Å². The fraction of sp³-hybridized carbons (Fsp3) is 0.909. The Balaban J connectivity index is 2.24. The molecule has 1 amide bonds. The molecule has 0 spiro atoms. The van der Waals surface area contributed by atoms with Gasteiger partial charge in [0, 0.05) is 26.2 Å². The first kappa shape index (κ1) is 13.8. The molecule has 1 atom stereocenters. The Morgan fingerprint density at radius 1 is 1.56 bits per heavy atom. The van der Waals surface area contributed by atoms with Crippen LogP contribution in [0.5, 0.6) is 0 Å². The molecule has 0 radical (unpaired) electrons. The van der Waals surface area contributed by atoms with Crippen molar-refractivity contribution in [3.05, 3.63) is 0 Å². The Kier molecular flexibility index (Phi) is 6.16. The van der Waals surface area contributed by atoms with Crippen LogP contribution in [-0.4, -0.2) is 61.6 Å². The van der Waals surface area contributed by atoms with Gasteiger partial charge in [0.15, 0.2) is 0 Å². The number of likely N-dealkylation sites (N-methyl/N-ethyl adjacent to an activating group) is 1. The maximum absolute atomic E-state index is 11.9. The standard InChI is InChI=1S/C11H23N3OS/c1-13(2)8-6-12-11(15)10-5-4-7-14(9-10)16-3/h10H,4-9H2,1-3H3,(H,12,15). The Morgan fingerprint density at radius 2 is 2.31 bits per heavy atom. The SMILES string of the molecule is CSN1CCCC(C(=O)NCCN(C)C)C1. The quantitative estimate of drug-likeness (QED) is 0.722. The molecule has 0 aliphatic carbocycles. The molecule has 0 aromatic heterocycles. The van der Waals surface area contributed by atoms with Gasteiger partial charge in [0.25, 0.3) is 0 Å². The highest BCUT2D eigenvalue weighted by Crippen LogP contribution is 2.20. The molecule has 5 heteroatoms. The fourth-order valence-electron chi connectivity index (χ4n) is 1.87. The largest absolute Gasteiger partial charge is 0.355 e. The highest BCUT2D eigenvalue weighted by Gasteiger charge is 2.24. The Morgan fingerprint density at radius 3 is 2.94 bits per heavy atom. The van der Waals surface area contributed by atoms with Gasteiger partial charge < -0.3 is 10.2 Å². The zero-order valence-electron chi connectivity index (χ0n) is 10.5. The molecule has 0 aromatic rings. The van der Waals surface area contributed by atoms with Gasteiger partial charge in [-0.3, -0.25) is 9.10 Å². The summed E-state index contributed by atoms with van der Waals surface area (Å²) in [5, 5.41) is 3.01. The first-order valence-electron chi connectivity index (χ1n) is 5.85. The molecule has 1 rings (SSSR count). The zero-order valence-corrected chi connectivity index (χ0v) is 11.3. The van der Waals surface area contributed by atoms with Crippen molar-refractivity contribution in [2.24, 2.45) is 5.92 Å². The van der Waals surface area contributed by atoms with Gasteiger partial charge in [-0.15, -0.1) is 0 Å². The number of nitrogens with zero attached hydrogens (tertiary/aromatic N) is 2. The van der Waals surface area contributed by atoms with Crippen LogP contribution in [0.15, 0.2) is 0 Å². The monoisotopic (exact) mass is 245 g/mol. The van der Waals surface area contributed by atoms with Crippen LogP contribution in [0, 0.1) is 5.92 Å². The first-order chi connectivity index (χ1) is 7.63. The highest BCUT2D eigenvalue weighted by atomic mass is 32.2. The van der Waals surface area contributed by atoms with Crippen LogP contribution in [0.25, 0.3) is 0 Å². The summed E-state index contributed by atoms with van der Waals surface area (Å²) < 4.78 is 2.28. The molecule has 16 heavy (non-hydrogen) atoms. The molecular formula is C11H23N3OS. The van der Waals surface area contributed by atoms with Crippen LogP contribution >= 0.6 is 11.9 Å². The summed E-state index contributed by atoms with van der Waals surface area (Å²) >= 11 is 1.74. The van der Waals surface area contributed by atoms with E-state index in [4.69, 9.17) is 0 Å². The van der Waals surface area contributed by atoms with E-state index in [1.54, 1.807) is 11.9 Å². The molecule has 1 aliphatic heterocycles. The number of amides is 1. The second kappa shape index (κ2) is 7.14. The van der Waals surface area contributed by atoms with Crippen molar-refractivity contribution in [1.29, 1.82) is 0 Å². The van der Waals surface area contributed by atoms with Gasteiger partial charge in [-0.2, -0.15) is 0 Å². The van der Waals surface area contributed by atoms with E-state index in [-0.39, 0.29) is 11.8 Å². The summed E-state index contributed by atoms with van der Waals surface area (Å²) in [6, 6.07) is 0. The summed E-state index contributed by atoms with van der Waals surface area (Å²) in [5.41, 5.74) is 0. The third-order valence-electron chi connectivity index (χ3n) is 2.87. The zero-order chi connectivity index (χ0) is 12.0. The minimum absolute atomic E-state index is 0.184. The van der Waals surface area contributed by atoms with E-state index >= 15 is 0 Å². The molecular weight excluding hydrogens is 222 g/mol. The Bertz CT molecular complexity index is 223. The van der Waals surface area contributed by atoms with Crippen molar-refractivity contribution in [1.82, 2.24) is 14.5 Å². The van der Waals surface area contributed by atoms with E-state index in [0.717, 1.165) is 39.0 Å². The number of carbonyl (C=O) groups excluding carboxylic acids is 1. The average molecular weight is 245 g/mol. The molecule has 1 unspecified atom stereocenters. The van der Waals surface area contributed by atoms with Gasteiger partial charge in [-0.25, -0.2) is 0 Å². The van der Waals surface area contributed by atoms with Crippen LogP contribution in [-0.2, 0) is 4.79 Å². The van der Waals surface area contributed by atoms with Crippen molar-refractivity contribution in [2.75, 3.05) is 46.5 Å². The number of rotatable bonds is 5. The summed E-state index contributed by atoms with van der Waals surface area (Å²) in [4.78, 5) is 14.0. The molecule has 1 heterocycles. The molecule has 1 fully saturated rings. The lowest BCUT2D eigenvalue weighted by atomic mass is 9.99. The number of nitrogens with one attached hydrogen (secondary N) is 1. The summed E-state index contributed by atoms with van der Waals surface area (Å²) in [5.74, 6) is 0.406. The Labute approximate surface area is 103 Å². The van der Waals surface area contributed by atoms with Crippen molar-refractivity contribution < 1.29 is 4.79 Å². The van der Waals surface area contributed by atoms with Gasteiger partial charge in [0.1, 0.15) is 0 Å². The molecule has 1 aliphatic rings. The molecule has 1 saturated heterocycles. The predicted molar refractivity (Wildman–Crippen MR) is 69.4 cm³/mol. The van der Waals surface area contributed by atoms with E-state index in [2.05, 4.69) is 20.8 Å². The lowest BCUT2D eigenvalue weighted by Gasteiger charge is -2.30. The minimum atomic E-state index is 0.184. The summed E-state index contributed by atoms with van der Waals surface area (Å²) in [7, 11) is 4.03. The smallest absolute Gasteiger partial charge is 0.224 e. The van der Waals surface area contributed by atoms with E-state index < -0.39 is 0 Å². The van der Waals surface area contributed by atoms with E-state index in [0.29, 0.717) is 0 Å². The molecule has 0 bridgehead atoms. The summed E-state index contributed by atoms with van der Waals surface area (Å²) in [6.45, 7) is 3.67. The van der Waals surface area contributed by atoms with Gasteiger partial charge >= 0.3 is 0 Å². The second-order valence-electron chi connectivity index (χ2n) is 4.50. The third-order valence-corrected chi connectivity index (χ3v) is 3.72. The number of hydrogen-bond acceptors (Lipinski definition) is 4. The van der Waals surface area contributed by atoms with Crippen molar-refractivity contribution in [3.8, 4) is 0 Å². The number of piperidine rings is 1. The maximum Gasteiger partial charge on any atom is 0.224 e. The van der Waals surface area contributed by atoms with Crippen molar-refractivity contribution >= 4 is 17.9 Å². The van der Waals surface area contributed by atoms with Crippen LogP contribution in [0.4, 0.5) is 0 Å². The molecule has 0 saturated carbocycles. The van der Waals surface area contributed by atoms with Crippen molar-refractivity contribution in [2.45, 2.75) is 12.8 Å². The van der Waals surface area contributed by atoms with E-state index in [9.17, 15) is 4.79 Å². The molecule has 1 N–H and O–H groups in total. The number of hydrogen-bond donors (Lipinski definition) is 1. The Hall–Kier alpha value is -0.260. The third kappa shape index (κ3) is 4.72. The van der Waals surface area contributed by atoms with Gasteiger partial charge in [-0.1, -0.05) is 11.9 Å². The maximum atomic E-state index is 11.9.